The number of rotatable bonds is 4. The summed E-state index contributed by atoms with van der Waals surface area (Å²) < 4.78 is 4.97. The smallest absolute Gasteiger partial charge is 0.157 e. The lowest BCUT2D eigenvalue weighted by atomic mass is 10.3. The van der Waals surface area contributed by atoms with Crippen LogP contribution in [0.5, 0.6) is 0 Å². The number of hydrogen-bond donors (Lipinski definition) is 1. The van der Waals surface area contributed by atoms with Gasteiger partial charge < -0.3 is 10.1 Å². The normalized spacial score (nSPS) is 19.2. The third-order valence-corrected chi connectivity index (χ3v) is 1.82. The third-order valence-electron chi connectivity index (χ3n) is 1.82. The van der Waals surface area contributed by atoms with Gasteiger partial charge in [0.1, 0.15) is 0 Å². The molecular weight excluding hydrogens is 154 g/mol. The molecule has 68 valence electrons. The number of ether oxygens (including phenoxy) is 1. The Morgan fingerprint density at radius 1 is 1.67 bits per heavy atom. The first-order valence-electron chi connectivity index (χ1n) is 4.21. The molecule has 0 spiro atoms. The summed E-state index contributed by atoms with van der Waals surface area (Å²) in [5.41, 5.74) is 1.05. The van der Waals surface area contributed by atoms with Gasteiger partial charge in [-0.15, -0.1) is 0 Å². The molecule has 0 aromatic carbocycles. The average molecular weight is 169 g/mol. The Kier molecular flexibility index (Phi) is 3.29. The molecule has 0 bridgehead atoms. The van der Waals surface area contributed by atoms with E-state index >= 15 is 0 Å². The van der Waals surface area contributed by atoms with Crippen molar-refractivity contribution in [3.63, 3.8) is 0 Å². The fourth-order valence-corrected chi connectivity index (χ4v) is 1.32. The Morgan fingerprint density at radius 3 is 2.92 bits per heavy atom. The minimum absolute atomic E-state index is 0.224. The maximum atomic E-state index is 10.8. The molecule has 0 aliphatic heterocycles. The zero-order valence-corrected chi connectivity index (χ0v) is 7.59. The van der Waals surface area contributed by atoms with E-state index in [1.54, 1.807) is 13.2 Å². The van der Waals surface area contributed by atoms with Gasteiger partial charge in [-0.2, -0.15) is 0 Å². The summed E-state index contributed by atoms with van der Waals surface area (Å²) in [6.07, 6.45) is 3.20. The molecule has 1 N–H and O–H groups in total. The number of methoxy groups -OCH3 is 1. The van der Waals surface area contributed by atoms with Crippen molar-refractivity contribution in [2.45, 2.75) is 25.8 Å². The molecule has 1 aliphatic rings. The van der Waals surface area contributed by atoms with Gasteiger partial charge in [-0.1, -0.05) is 0 Å². The molecule has 0 saturated heterocycles. The van der Waals surface area contributed by atoms with Crippen molar-refractivity contribution in [3.8, 4) is 0 Å². The van der Waals surface area contributed by atoms with Gasteiger partial charge in [0.15, 0.2) is 5.78 Å². The molecule has 1 rings (SSSR count). The molecule has 0 radical (unpaired) electrons. The topological polar surface area (TPSA) is 38.3 Å². The van der Waals surface area contributed by atoms with Crippen molar-refractivity contribution >= 4 is 5.78 Å². The first-order chi connectivity index (χ1) is 5.72. The Bertz CT molecular complexity index is 199. The van der Waals surface area contributed by atoms with E-state index in [4.69, 9.17) is 4.74 Å². The summed E-state index contributed by atoms with van der Waals surface area (Å²) >= 11 is 0. The van der Waals surface area contributed by atoms with Crippen molar-refractivity contribution in [1.82, 2.24) is 5.32 Å². The minimum atomic E-state index is 0.224. The Labute approximate surface area is 72.8 Å². The van der Waals surface area contributed by atoms with Crippen LogP contribution in [-0.2, 0) is 9.53 Å². The monoisotopic (exact) mass is 169 g/mol. The zero-order chi connectivity index (χ0) is 8.97. The van der Waals surface area contributed by atoms with Crippen molar-refractivity contribution in [2.24, 2.45) is 0 Å². The highest BCUT2D eigenvalue weighted by molar-refractivity contribution is 5.92. The standard InChI is InChI=1S/C9H15NO2/c1-7(6-12-2)10-8-3-4-9(11)5-8/h5,7,10H,3-4,6H2,1-2H3. The maximum absolute atomic E-state index is 10.8. The molecule has 0 fully saturated rings. The maximum Gasteiger partial charge on any atom is 0.157 e. The highest BCUT2D eigenvalue weighted by atomic mass is 16.5. The summed E-state index contributed by atoms with van der Waals surface area (Å²) in [5, 5.41) is 3.23. The van der Waals surface area contributed by atoms with Gasteiger partial charge >= 0.3 is 0 Å². The average Bonchev–Trinajstić information content (AvgIpc) is 2.36. The van der Waals surface area contributed by atoms with Crippen molar-refractivity contribution in [1.29, 1.82) is 0 Å². The van der Waals surface area contributed by atoms with Gasteiger partial charge in [0.2, 0.25) is 0 Å². The van der Waals surface area contributed by atoms with Crippen LogP contribution in [0.1, 0.15) is 19.8 Å². The van der Waals surface area contributed by atoms with Crippen LogP contribution in [0, 0.1) is 0 Å². The summed E-state index contributed by atoms with van der Waals surface area (Å²) in [6, 6.07) is 0.284. The van der Waals surface area contributed by atoms with Gasteiger partial charge in [-0.25, -0.2) is 0 Å². The van der Waals surface area contributed by atoms with E-state index in [-0.39, 0.29) is 11.8 Å². The van der Waals surface area contributed by atoms with Crippen LogP contribution >= 0.6 is 0 Å². The number of carbonyl (C=O) groups excluding carboxylic acids is 1. The minimum Gasteiger partial charge on any atom is -0.383 e. The quantitative estimate of drug-likeness (QED) is 0.678. The van der Waals surface area contributed by atoms with Crippen LogP contribution < -0.4 is 5.32 Å². The summed E-state index contributed by atoms with van der Waals surface area (Å²) in [4.78, 5) is 10.8. The molecule has 0 heterocycles. The van der Waals surface area contributed by atoms with Gasteiger partial charge in [0, 0.05) is 31.3 Å². The third kappa shape index (κ3) is 2.66. The largest absolute Gasteiger partial charge is 0.383 e. The highest BCUT2D eigenvalue weighted by Crippen LogP contribution is 2.12. The van der Waals surface area contributed by atoms with E-state index in [1.807, 2.05) is 6.92 Å². The summed E-state index contributed by atoms with van der Waals surface area (Å²) in [6.45, 7) is 2.71. The van der Waals surface area contributed by atoms with E-state index in [9.17, 15) is 4.79 Å². The predicted octanol–water partition coefficient (Wildman–Crippen LogP) is 0.858. The van der Waals surface area contributed by atoms with Gasteiger partial charge in [-0.3, -0.25) is 4.79 Å². The van der Waals surface area contributed by atoms with Crippen molar-refractivity contribution < 1.29 is 9.53 Å². The van der Waals surface area contributed by atoms with Crippen LogP contribution in [0.25, 0.3) is 0 Å². The van der Waals surface area contributed by atoms with Gasteiger partial charge in [-0.05, 0) is 13.3 Å². The zero-order valence-electron chi connectivity index (χ0n) is 7.59. The van der Waals surface area contributed by atoms with E-state index in [2.05, 4.69) is 5.32 Å². The van der Waals surface area contributed by atoms with Crippen LogP contribution in [-0.4, -0.2) is 25.5 Å². The second kappa shape index (κ2) is 4.26. The van der Waals surface area contributed by atoms with E-state index in [0.29, 0.717) is 13.0 Å². The molecule has 0 saturated carbocycles. The molecule has 3 heteroatoms. The molecule has 0 aromatic rings. The summed E-state index contributed by atoms with van der Waals surface area (Å²) in [5.74, 6) is 0.224. The molecule has 0 amide bonds. The SMILES string of the molecule is COCC(C)NC1=CC(=O)CC1. The van der Waals surface area contributed by atoms with Crippen LogP contribution in [0.4, 0.5) is 0 Å². The number of ketones is 1. The molecule has 1 atom stereocenters. The first kappa shape index (κ1) is 9.26. The van der Waals surface area contributed by atoms with E-state index in [0.717, 1.165) is 12.1 Å². The lowest BCUT2D eigenvalue weighted by molar-refractivity contribution is -0.114. The van der Waals surface area contributed by atoms with Gasteiger partial charge in [0.25, 0.3) is 0 Å². The van der Waals surface area contributed by atoms with E-state index in [1.165, 1.54) is 0 Å². The Morgan fingerprint density at radius 2 is 2.42 bits per heavy atom. The summed E-state index contributed by atoms with van der Waals surface area (Å²) in [7, 11) is 1.67. The highest BCUT2D eigenvalue weighted by Gasteiger charge is 2.12. The molecule has 3 nitrogen and oxygen atoms in total. The molecular formula is C9H15NO2. The van der Waals surface area contributed by atoms with Crippen molar-refractivity contribution in [2.75, 3.05) is 13.7 Å². The first-order valence-corrected chi connectivity index (χ1v) is 4.21. The number of hydrogen-bond acceptors (Lipinski definition) is 3. The fraction of sp³-hybridized carbons (Fsp3) is 0.667. The molecule has 1 unspecified atom stereocenters. The van der Waals surface area contributed by atoms with Crippen molar-refractivity contribution in [3.05, 3.63) is 11.8 Å². The van der Waals surface area contributed by atoms with Crippen LogP contribution in [0.2, 0.25) is 0 Å². The second-order valence-electron chi connectivity index (χ2n) is 3.14. The molecule has 12 heavy (non-hydrogen) atoms. The van der Waals surface area contributed by atoms with E-state index < -0.39 is 0 Å². The Balaban J connectivity index is 2.31. The fourth-order valence-electron chi connectivity index (χ4n) is 1.32. The molecule has 0 aromatic heterocycles. The van der Waals surface area contributed by atoms with Gasteiger partial charge in [0.05, 0.1) is 6.61 Å². The van der Waals surface area contributed by atoms with Crippen LogP contribution in [0.15, 0.2) is 11.8 Å². The number of carbonyl (C=O) groups is 1. The van der Waals surface area contributed by atoms with Crippen LogP contribution in [0.3, 0.4) is 0 Å². The number of allylic oxidation sites excluding steroid dienone is 2. The lowest BCUT2D eigenvalue weighted by Crippen LogP contribution is -2.28. The second-order valence-corrected chi connectivity index (χ2v) is 3.14. The predicted molar refractivity (Wildman–Crippen MR) is 46.8 cm³/mol. The number of nitrogens with one attached hydrogen (secondary N) is 1. The lowest BCUT2D eigenvalue weighted by Gasteiger charge is -2.14. The Hall–Kier alpha value is -0.830. The molecule has 1 aliphatic carbocycles.